The van der Waals surface area contributed by atoms with E-state index in [0.29, 0.717) is 19.7 Å². The number of nitrogens with zero attached hydrogens (tertiary/aromatic N) is 2. The molecule has 1 saturated heterocycles. The number of morpholine rings is 1. The Bertz CT molecular complexity index is 257. The number of primary amides is 1. The minimum Gasteiger partial charge on any atom is -0.377 e. The maximum absolute atomic E-state index is 11.8. The first-order valence-electron chi connectivity index (χ1n) is 4.96. The normalized spacial score (nSPS) is 21.2. The number of carbonyl (C=O) groups excluding carboxylic acids is 2. The van der Waals surface area contributed by atoms with Crippen molar-refractivity contribution in [2.75, 3.05) is 33.4 Å². The highest BCUT2D eigenvalue weighted by molar-refractivity contribution is 5.86. The van der Waals surface area contributed by atoms with Gasteiger partial charge in [0.05, 0.1) is 13.2 Å². The molecule has 1 rings (SSSR count). The van der Waals surface area contributed by atoms with Crippen molar-refractivity contribution in [3.63, 3.8) is 0 Å². The lowest BCUT2D eigenvalue weighted by molar-refractivity contribution is -0.127. The summed E-state index contributed by atoms with van der Waals surface area (Å²) in [6.45, 7) is 3.53. The molecule has 1 aliphatic rings. The summed E-state index contributed by atoms with van der Waals surface area (Å²) in [7, 11) is 1.69. The maximum Gasteiger partial charge on any atom is 0.320 e. The Labute approximate surface area is 88.9 Å². The van der Waals surface area contributed by atoms with E-state index in [4.69, 9.17) is 10.5 Å². The van der Waals surface area contributed by atoms with Gasteiger partial charge in [-0.2, -0.15) is 0 Å². The Morgan fingerprint density at radius 2 is 2.27 bits per heavy atom. The highest BCUT2D eigenvalue weighted by atomic mass is 16.5. The van der Waals surface area contributed by atoms with Gasteiger partial charge in [0.15, 0.2) is 0 Å². The van der Waals surface area contributed by atoms with Crippen LogP contribution in [0.15, 0.2) is 0 Å². The summed E-state index contributed by atoms with van der Waals surface area (Å²) in [5, 5.41) is 0. The van der Waals surface area contributed by atoms with E-state index in [0.717, 1.165) is 0 Å². The summed E-state index contributed by atoms with van der Waals surface area (Å²) in [4.78, 5) is 26.0. The molecule has 0 radical (unpaired) electrons. The summed E-state index contributed by atoms with van der Waals surface area (Å²) in [6, 6.07) is -0.815. The Balaban J connectivity index is 2.71. The van der Waals surface area contributed by atoms with Crippen LogP contribution < -0.4 is 5.73 Å². The molecule has 0 spiro atoms. The highest BCUT2D eigenvalue weighted by Crippen LogP contribution is 2.09. The van der Waals surface area contributed by atoms with E-state index >= 15 is 0 Å². The van der Waals surface area contributed by atoms with Gasteiger partial charge in [-0.3, -0.25) is 4.79 Å². The third-order valence-corrected chi connectivity index (χ3v) is 2.50. The summed E-state index contributed by atoms with van der Waals surface area (Å²) in [5.41, 5.74) is 5.21. The summed E-state index contributed by atoms with van der Waals surface area (Å²) < 4.78 is 5.12. The van der Waals surface area contributed by atoms with Crippen molar-refractivity contribution in [1.29, 1.82) is 0 Å². The van der Waals surface area contributed by atoms with Crippen molar-refractivity contribution >= 4 is 11.9 Å². The predicted molar refractivity (Wildman–Crippen MR) is 54.2 cm³/mol. The molecule has 0 aliphatic carbocycles. The van der Waals surface area contributed by atoms with Crippen LogP contribution >= 0.6 is 0 Å². The molecule has 2 N–H and O–H groups in total. The molecule has 0 saturated carbocycles. The van der Waals surface area contributed by atoms with E-state index in [9.17, 15) is 9.59 Å². The summed E-state index contributed by atoms with van der Waals surface area (Å²) >= 11 is 0. The Morgan fingerprint density at radius 3 is 2.80 bits per heavy atom. The van der Waals surface area contributed by atoms with Crippen LogP contribution in [0.25, 0.3) is 0 Å². The van der Waals surface area contributed by atoms with Gasteiger partial charge in [0.25, 0.3) is 0 Å². The van der Waals surface area contributed by atoms with Gasteiger partial charge in [-0.05, 0) is 6.92 Å². The molecule has 0 bridgehead atoms. The Hall–Kier alpha value is -1.30. The molecule has 6 heteroatoms. The van der Waals surface area contributed by atoms with Gasteiger partial charge in [0, 0.05) is 20.1 Å². The van der Waals surface area contributed by atoms with Crippen LogP contribution in [0, 0.1) is 0 Å². The molecular formula is C9H17N3O3. The molecular weight excluding hydrogens is 198 g/mol. The van der Waals surface area contributed by atoms with Crippen LogP contribution in [0.1, 0.15) is 6.92 Å². The smallest absolute Gasteiger partial charge is 0.320 e. The van der Waals surface area contributed by atoms with Crippen LogP contribution in [0.2, 0.25) is 0 Å². The van der Waals surface area contributed by atoms with E-state index in [1.165, 1.54) is 4.90 Å². The topological polar surface area (TPSA) is 75.9 Å². The van der Waals surface area contributed by atoms with Gasteiger partial charge in [-0.1, -0.05) is 0 Å². The second-order valence-corrected chi connectivity index (χ2v) is 3.48. The minimum absolute atomic E-state index is 0.176. The fourth-order valence-electron chi connectivity index (χ4n) is 1.42. The Morgan fingerprint density at radius 1 is 1.60 bits per heavy atom. The standard InChI is InChI=1S/C9H17N3O3/c1-3-11(2)9(14)12-4-5-15-6-7(12)8(10)13/h7H,3-6H2,1-2H3,(H2,10,13). The van der Waals surface area contributed by atoms with E-state index in [1.807, 2.05) is 6.92 Å². The van der Waals surface area contributed by atoms with Gasteiger partial charge >= 0.3 is 6.03 Å². The predicted octanol–water partition coefficient (Wildman–Crippen LogP) is -0.756. The molecule has 1 atom stereocenters. The van der Waals surface area contributed by atoms with Crippen molar-refractivity contribution in [3.8, 4) is 0 Å². The average Bonchev–Trinajstić information content (AvgIpc) is 2.27. The van der Waals surface area contributed by atoms with Crippen LogP contribution in [0.3, 0.4) is 0 Å². The quantitative estimate of drug-likeness (QED) is 0.658. The van der Waals surface area contributed by atoms with Crippen LogP contribution in [-0.2, 0) is 9.53 Å². The van der Waals surface area contributed by atoms with Crippen molar-refractivity contribution < 1.29 is 14.3 Å². The molecule has 0 aromatic carbocycles. The van der Waals surface area contributed by atoms with Gasteiger partial charge in [0.2, 0.25) is 5.91 Å². The SMILES string of the molecule is CCN(C)C(=O)N1CCOCC1C(N)=O. The number of carbonyl (C=O) groups is 2. The number of hydrogen-bond acceptors (Lipinski definition) is 3. The number of hydrogen-bond donors (Lipinski definition) is 1. The molecule has 6 nitrogen and oxygen atoms in total. The Kier molecular flexibility index (Phi) is 3.90. The lowest BCUT2D eigenvalue weighted by atomic mass is 10.2. The zero-order valence-electron chi connectivity index (χ0n) is 9.10. The van der Waals surface area contributed by atoms with Crippen molar-refractivity contribution in [2.45, 2.75) is 13.0 Å². The van der Waals surface area contributed by atoms with Crippen molar-refractivity contribution in [2.24, 2.45) is 5.73 Å². The third kappa shape index (κ3) is 2.59. The molecule has 0 aromatic heterocycles. The van der Waals surface area contributed by atoms with Gasteiger partial charge in [-0.15, -0.1) is 0 Å². The molecule has 15 heavy (non-hydrogen) atoms. The zero-order valence-corrected chi connectivity index (χ0v) is 9.10. The first kappa shape index (κ1) is 11.8. The maximum atomic E-state index is 11.8. The molecule has 1 unspecified atom stereocenters. The molecule has 0 aromatic rings. The zero-order chi connectivity index (χ0) is 11.4. The number of nitrogens with two attached hydrogens (primary N) is 1. The van der Waals surface area contributed by atoms with Crippen LogP contribution in [0.5, 0.6) is 0 Å². The fraction of sp³-hybridized carbons (Fsp3) is 0.778. The van der Waals surface area contributed by atoms with Crippen LogP contribution in [-0.4, -0.2) is 61.1 Å². The number of rotatable bonds is 2. The largest absolute Gasteiger partial charge is 0.377 e. The van der Waals surface area contributed by atoms with E-state index in [2.05, 4.69) is 0 Å². The van der Waals surface area contributed by atoms with Crippen molar-refractivity contribution in [3.05, 3.63) is 0 Å². The monoisotopic (exact) mass is 215 g/mol. The summed E-state index contributed by atoms with van der Waals surface area (Å²) in [6.07, 6.45) is 0. The second kappa shape index (κ2) is 4.97. The van der Waals surface area contributed by atoms with E-state index in [-0.39, 0.29) is 12.6 Å². The lowest BCUT2D eigenvalue weighted by Gasteiger charge is -2.35. The summed E-state index contributed by atoms with van der Waals surface area (Å²) in [5.74, 6) is -0.521. The van der Waals surface area contributed by atoms with Gasteiger partial charge in [-0.25, -0.2) is 4.79 Å². The van der Waals surface area contributed by atoms with E-state index < -0.39 is 11.9 Å². The van der Waals surface area contributed by atoms with E-state index in [1.54, 1.807) is 11.9 Å². The number of urea groups is 1. The number of amides is 3. The minimum atomic E-state index is -0.639. The third-order valence-electron chi connectivity index (χ3n) is 2.50. The number of ether oxygens (including phenoxy) is 1. The highest BCUT2D eigenvalue weighted by Gasteiger charge is 2.32. The molecule has 1 heterocycles. The molecule has 3 amide bonds. The molecule has 1 fully saturated rings. The first-order chi connectivity index (χ1) is 7.07. The average molecular weight is 215 g/mol. The fourth-order valence-corrected chi connectivity index (χ4v) is 1.42. The molecule has 1 aliphatic heterocycles. The second-order valence-electron chi connectivity index (χ2n) is 3.48. The van der Waals surface area contributed by atoms with Gasteiger partial charge in [0.1, 0.15) is 6.04 Å². The molecule has 86 valence electrons. The lowest BCUT2D eigenvalue weighted by Crippen LogP contribution is -2.57. The van der Waals surface area contributed by atoms with Gasteiger partial charge < -0.3 is 20.3 Å². The first-order valence-corrected chi connectivity index (χ1v) is 4.96. The van der Waals surface area contributed by atoms with Crippen LogP contribution in [0.4, 0.5) is 4.79 Å². The van der Waals surface area contributed by atoms with Crippen molar-refractivity contribution in [1.82, 2.24) is 9.80 Å².